The van der Waals surface area contributed by atoms with Gasteiger partial charge in [-0.2, -0.15) is 0 Å². The van der Waals surface area contributed by atoms with Crippen LogP contribution in [0.25, 0.3) is 243 Å². The molecule has 0 saturated heterocycles. The van der Waals surface area contributed by atoms with Crippen LogP contribution >= 0.6 is 34.0 Å². The average molecular weight is 1660 g/mol. The highest BCUT2D eigenvalue weighted by molar-refractivity contribution is 7.26. The van der Waals surface area contributed by atoms with Crippen LogP contribution in [0.2, 0.25) is 0 Å². The molecule has 0 aliphatic carbocycles. The zero-order valence-corrected chi connectivity index (χ0v) is 69.6. The minimum Gasteiger partial charge on any atom is -0.309 e. The van der Waals surface area contributed by atoms with Gasteiger partial charge in [0.15, 0.2) is 0 Å². The van der Waals surface area contributed by atoms with Crippen LogP contribution in [0.1, 0.15) is 0 Å². The largest absolute Gasteiger partial charge is 0.309 e. The number of hydrogen-bond donors (Lipinski definition) is 0. The van der Waals surface area contributed by atoms with Crippen LogP contribution < -0.4 is 0 Å². The first-order chi connectivity index (χ1) is 62.5. The molecule has 15 heterocycles. The Bertz CT molecular complexity index is 8830. The van der Waals surface area contributed by atoms with Crippen molar-refractivity contribution in [3.8, 4) is 34.5 Å². The van der Waals surface area contributed by atoms with Gasteiger partial charge in [0.25, 0.3) is 0 Å². The smallest absolute Gasteiger partial charge is 0.139 e. The van der Waals surface area contributed by atoms with E-state index >= 15 is 0 Å². The van der Waals surface area contributed by atoms with Gasteiger partial charge in [-0.15, -0.1) is 34.0 Å². The summed E-state index contributed by atoms with van der Waals surface area (Å²) in [6.45, 7) is 0. The number of hydrogen-bond acceptors (Lipinski definition) is 6. The molecular weight excluding hydrogens is 1600 g/mol. The van der Waals surface area contributed by atoms with Crippen molar-refractivity contribution >= 4 is 243 Å². The second-order valence-corrected chi connectivity index (χ2v) is 35.9. The lowest BCUT2D eigenvalue weighted by Gasteiger charge is -2.08. The van der Waals surface area contributed by atoms with Gasteiger partial charge in [0.2, 0.25) is 0 Å². The van der Waals surface area contributed by atoms with Crippen molar-refractivity contribution in [2.45, 2.75) is 0 Å². The van der Waals surface area contributed by atoms with E-state index in [0.29, 0.717) is 0 Å². The minimum atomic E-state index is 0.929. The van der Waals surface area contributed by atoms with Gasteiger partial charge in [-0.1, -0.05) is 200 Å². The molecule has 15 aromatic heterocycles. The number of pyridine rings is 3. The monoisotopic (exact) mass is 1660 g/mol. The number of benzene rings is 15. The Morgan fingerprint density at radius 1 is 0.175 bits per heavy atom. The molecule has 15 heteroatoms. The Morgan fingerprint density at radius 3 is 0.857 bits per heavy atom. The van der Waals surface area contributed by atoms with Crippen molar-refractivity contribution in [1.29, 1.82) is 0 Å². The van der Waals surface area contributed by atoms with E-state index in [9.17, 15) is 0 Å². The molecule has 0 radical (unpaired) electrons. The summed E-state index contributed by atoms with van der Waals surface area (Å²) >= 11 is 5.42. The zero-order chi connectivity index (χ0) is 82.1. The van der Waals surface area contributed by atoms with Crippen molar-refractivity contribution < 1.29 is 0 Å². The molecule has 0 amide bonds. The molecule has 0 unspecified atom stereocenters. The van der Waals surface area contributed by atoms with E-state index in [4.69, 9.17) is 15.0 Å². The van der Waals surface area contributed by atoms with E-state index in [1.54, 1.807) is 34.0 Å². The van der Waals surface area contributed by atoms with Crippen LogP contribution in [-0.4, -0.2) is 55.6 Å². The predicted octanol–water partition coefficient (Wildman–Crippen LogP) is 29.7. The summed E-state index contributed by atoms with van der Waals surface area (Å²) in [6, 6.07) is 142. The average Bonchev–Trinajstić information content (AvgIpc) is 1.57. The molecule has 30 rings (SSSR count). The predicted molar refractivity (Wildman–Crippen MR) is 530 cm³/mol. The van der Waals surface area contributed by atoms with Crippen LogP contribution in [0.3, 0.4) is 0 Å². The summed E-state index contributed by atoms with van der Waals surface area (Å²) in [6.07, 6.45) is 2.05. The summed E-state index contributed by atoms with van der Waals surface area (Å²) in [5, 5.41) is 16.1. The van der Waals surface area contributed by atoms with Crippen molar-refractivity contribution in [3.05, 3.63) is 401 Å². The normalized spacial score (nSPS) is 12.3. The molecule has 12 nitrogen and oxygen atoms in total. The van der Waals surface area contributed by atoms with Crippen molar-refractivity contribution in [2.24, 2.45) is 0 Å². The molecule has 0 fully saturated rings. The Morgan fingerprint density at radius 2 is 0.452 bits per heavy atom. The molecule has 0 N–H and O–H groups in total. The van der Waals surface area contributed by atoms with E-state index in [1.165, 1.54) is 176 Å². The molecule has 0 spiro atoms. The molecule has 0 aliphatic heterocycles. The van der Waals surface area contributed by atoms with Gasteiger partial charge in [0.05, 0.1) is 108 Å². The maximum Gasteiger partial charge on any atom is 0.139 e. The number of rotatable bonds is 6. The van der Waals surface area contributed by atoms with Crippen LogP contribution in [0.5, 0.6) is 0 Å². The molecule has 0 aliphatic rings. The highest BCUT2D eigenvalue weighted by Crippen LogP contribution is 2.45. The number of para-hydroxylation sites is 15. The Labute approximate surface area is 728 Å². The first-order valence-electron chi connectivity index (χ1n) is 42.5. The van der Waals surface area contributed by atoms with Gasteiger partial charge >= 0.3 is 0 Å². The maximum absolute atomic E-state index is 5.37. The molecule has 0 bridgehead atoms. The lowest BCUT2D eigenvalue weighted by atomic mass is 10.1. The number of aromatic nitrogens is 12. The Balaban J connectivity index is 0.0000000961. The highest BCUT2D eigenvalue weighted by atomic mass is 32.1. The number of imidazole rings is 3. The van der Waals surface area contributed by atoms with Gasteiger partial charge in [0, 0.05) is 107 Å². The SMILES string of the molecule is c1ccc2c(c1)cc1n(-c3cc4c(cn3)sc3ccc(-n5c6ccccc6c6ccccc65)cc34)c3ccccc3n21.c1ccc2c(c1)cc1n(-c3ccc4sc5ccc(-n6c7ccccc7c7ccccc76)cc5c4n3)c3ccccc3n21.c1ccc2c(c1)cc1n(-c3ccc4sc5ccc(-n6c7ccccc7c7ccccc76)nc5c4c3)c3ccccc3n21. The quantitative estimate of drug-likeness (QED) is 0.166. The van der Waals surface area contributed by atoms with E-state index in [-0.39, 0.29) is 0 Å². The zero-order valence-electron chi connectivity index (χ0n) is 67.2. The van der Waals surface area contributed by atoms with Gasteiger partial charge in [-0.3, -0.25) is 31.5 Å². The molecule has 30 aromatic rings. The highest BCUT2D eigenvalue weighted by Gasteiger charge is 2.25. The fourth-order valence-corrected chi connectivity index (χ4v) is 23.7. The molecule has 0 atom stereocenters. The maximum atomic E-state index is 5.37. The molecule has 588 valence electrons. The Kier molecular flexibility index (Phi) is 14.7. The van der Waals surface area contributed by atoms with E-state index in [2.05, 4.69) is 435 Å². The topological polar surface area (TPSA) is 81.5 Å². The second-order valence-electron chi connectivity index (χ2n) is 32.7. The van der Waals surface area contributed by atoms with Crippen LogP contribution in [0.4, 0.5) is 0 Å². The molecule has 15 aromatic carbocycles. The summed E-state index contributed by atoms with van der Waals surface area (Å²) in [5.41, 5.74) is 26.9. The third-order valence-electron chi connectivity index (χ3n) is 25.9. The summed E-state index contributed by atoms with van der Waals surface area (Å²) in [5.74, 6) is 2.80. The van der Waals surface area contributed by atoms with Crippen molar-refractivity contribution in [3.63, 3.8) is 0 Å². The third kappa shape index (κ3) is 10.1. The summed E-state index contributed by atoms with van der Waals surface area (Å²) in [4.78, 5) is 15.7. The number of fused-ring (bicyclic) bond motifs is 33. The van der Waals surface area contributed by atoms with E-state index < -0.39 is 0 Å². The molecular formula is C111H66N12S3. The van der Waals surface area contributed by atoms with E-state index in [1.807, 2.05) is 6.20 Å². The van der Waals surface area contributed by atoms with Crippen LogP contribution in [-0.2, 0) is 0 Å². The van der Waals surface area contributed by atoms with Gasteiger partial charge in [0.1, 0.15) is 34.4 Å². The van der Waals surface area contributed by atoms with E-state index in [0.717, 1.165) is 67.8 Å². The number of thiophene rings is 3. The van der Waals surface area contributed by atoms with Gasteiger partial charge < -0.3 is 9.13 Å². The van der Waals surface area contributed by atoms with Gasteiger partial charge in [-0.25, -0.2) is 15.0 Å². The second kappa shape index (κ2) is 26.7. The number of nitrogens with zero attached hydrogens (tertiary/aromatic N) is 12. The molecule has 126 heavy (non-hydrogen) atoms. The van der Waals surface area contributed by atoms with Crippen LogP contribution in [0, 0.1) is 0 Å². The lowest BCUT2D eigenvalue weighted by Crippen LogP contribution is -1.97. The first-order valence-corrected chi connectivity index (χ1v) is 44.9. The summed E-state index contributed by atoms with van der Waals surface area (Å²) < 4.78 is 28.5. The fourth-order valence-electron chi connectivity index (χ4n) is 20.6. The third-order valence-corrected chi connectivity index (χ3v) is 29.3. The lowest BCUT2D eigenvalue weighted by molar-refractivity contribution is 1.07. The van der Waals surface area contributed by atoms with Crippen molar-refractivity contribution in [2.75, 3.05) is 0 Å². The summed E-state index contributed by atoms with van der Waals surface area (Å²) in [7, 11) is 0. The standard InChI is InChI=1S/3C37H22N4S/c1-4-12-29-23(9-1)19-37-40(29)32-15-7-8-16-33(32)41(37)36-21-28-27-20-24(17-18-34(27)42-35(28)22-38-36)39-30-13-5-2-10-25(30)26-11-3-6-14-31(26)39;1-4-12-28-23(9-1)21-36-39(31-15-7-8-16-32(31)41(28)36)24-17-18-33-27(22-24)37-34(42-33)19-20-35(38-37)40-29-13-5-2-10-25(29)26-11-3-6-14-30(26)40;1-4-12-28-23(9-1)21-36-40(28)31-15-7-8-16-32(31)41(36)35-20-19-34-37(38-35)27-22-24(17-18-33(27)42-34)39-29-13-5-2-10-25(29)26-11-3-6-14-30(26)39/h3*1-22H. The fraction of sp³-hybridized carbons (Fsp3) is 0. The first kappa shape index (κ1) is 69.5. The van der Waals surface area contributed by atoms with Gasteiger partial charge in [-0.05, 0) is 194 Å². The van der Waals surface area contributed by atoms with Crippen molar-refractivity contribution in [1.82, 2.24) is 55.6 Å². The minimum absolute atomic E-state index is 0.929. The molecule has 0 saturated carbocycles. The van der Waals surface area contributed by atoms with Crippen LogP contribution in [0.15, 0.2) is 401 Å². The Hall–Kier alpha value is -16.2.